The van der Waals surface area contributed by atoms with Gasteiger partial charge in [0.2, 0.25) is 0 Å². The second-order valence-electron chi connectivity index (χ2n) is 5.40. The number of pyridine rings is 1. The van der Waals surface area contributed by atoms with Gasteiger partial charge in [-0.3, -0.25) is 9.78 Å². The average Bonchev–Trinajstić information content (AvgIpc) is 2.62. The molecule has 132 valence electrons. The number of amides is 1. The highest BCUT2D eigenvalue weighted by molar-refractivity contribution is 6.35. The summed E-state index contributed by atoms with van der Waals surface area (Å²) in [4.78, 5) is 16.5. The first-order valence-corrected chi connectivity index (χ1v) is 8.43. The number of anilines is 3. The van der Waals surface area contributed by atoms with Gasteiger partial charge in [-0.05, 0) is 54.6 Å². The third-order valence-electron chi connectivity index (χ3n) is 3.49. The molecule has 0 unspecified atom stereocenters. The number of aromatic nitrogens is 1. The molecule has 0 saturated heterocycles. The van der Waals surface area contributed by atoms with E-state index in [4.69, 9.17) is 27.9 Å². The Morgan fingerprint density at radius 1 is 0.923 bits per heavy atom. The molecule has 3 rings (SSSR count). The Balaban J connectivity index is 1.74. The third-order valence-corrected chi connectivity index (χ3v) is 3.93. The predicted octanol–water partition coefficient (Wildman–Crippen LogP) is 5.39. The molecule has 0 spiro atoms. The highest BCUT2D eigenvalue weighted by atomic mass is 35.5. The molecule has 0 atom stereocenters. The minimum Gasteiger partial charge on any atom is -0.497 e. The molecule has 1 aromatic heterocycles. The second kappa shape index (κ2) is 8.08. The molecule has 7 heteroatoms. The van der Waals surface area contributed by atoms with Crippen LogP contribution in [-0.4, -0.2) is 18.0 Å². The summed E-state index contributed by atoms with van der Waals surface area (Å²) in [6, 6.07) is 15.7. The van der Waals surface area contributed by atoms with Crippen LogP contribution < -0.4 is 15.4 Å². The molecule has 0 aliphatic heterocycles. The van der Waals surface area contributed by atoms with Crippen LogP contribution in [0.25, 0.3) is 0 Å². The summed E-state index contributed by atoms with van der Waals surface area (Å²) in [5, 5.41) is 6.83. The molecule has 0 aliphatic rings. The molecule has 0 radical (unpaired) electrons. The van der Waals surface area contributed by atoms with Crippen LogP contribution in [0.4, 0.5) is 17.1 Å². The van der Waals surface area contributed by atoms with Crippen molar-refractivity contribution in [2.24, 2.45) is 0 Å². The van der Waals surface area contributed by atoms with Gasteiger partial charge in [-0.1, -0.05) is 23.2 Å². The number of carbonyl (C=O) groups excluding carboxylic acids is 1. The smallest absolute Gasteiger partial charge is 0.274 e. The molecule has 0 bridgehead atoms. The molecular formula is C19H15Cl2N3O2. The summed E-state index contributed by atoms with van der Waals surface area (Å²) in [5.41, 5.74) is 2.37. The van der Waals surface area contributed by atoms with Gasteiger partial charge < -0.3 is 15.4 Å². The van der Waals surface area contributed by atoms with Gasteiger partial charge >= 0.3 is 0 Å². The van der Waals surface area contributed by atoms with Gasteiger partial charge in [-0.15, -0.1) is 0 Å². The van der Waals surface area contributed by atoms with Crippen LogP contribution in [-0.2, 0) is 0 Å². The van der Waals surface area contributed by atoms with Crippen molar-refractivity contribution in [3.63, 3.8) is 0 Å². The molecular weight excluding hydrogens is 373 g/mol. The number of nitrogens with zero attached hydrogens (tertiary/aromatic N) is 1. The molecule has 26 heavy (non-hydrogen) atoms. The topological polar surface area (TPSA) is 63.2 Å². The first kappa shape index (κ1) is 18.0. The molecule has 0 fully saturated rings. The van der Waals surface area contributed by atoms with Crippen molar-refractivity contribution in [2.75, 3.05) is 17.7 Å². The monoisotopic (exact) mass is 387 g/mol. The molecule has 2 aromatic carbocycles. The van der Waals surface area contributed by atoms with Crippen molar-refractivity contribution in [1.29, 1.82) is 0 Å². The van der Waals surface area contributed by atoms with Crippen molar-refractivity contribution in [3.05, 3.63) is 76.5 Å². The Labute approximate surface area is 160 Å². The lowest BCUT2D eigenvalue weighted by atomic mass is 10.2. The fourth-order valence-corrected chi connectivity index (χ4v) is 2.82. The number of hydrogen-bond acceptors (Lipinski definition) is 4. The fraction of sp³-hybridized carbons (Fsp3) is 0.0526. The molecule has 2 N–H and O–H groups in total. The maximum Gasteiger partial charge on any atom is 0.274 e. The summed E-state index contributed by atoms with van der Waals surface area (Å²) >= 11 is 11.9. The van der Waals surface area contributed by atoms with Crippen molar-refractivity contribution < 1.29 is 9.53 Å². The van der Waals surface area contributed by atoms with E-state index in [-0.39, 0.29) is 11.6 Å². The lowest BCUT2D eigenvalue weighted by Gasteiger charge is -2.09. The lowest BCUT2D eigenvalue weighted by Crippen LogP contribution is -2.13. The van der Waals surface area contributed by atoms with Crippen LogP contribution in [0.5, 0.6) is 5.75 Å². The van der Waals surface area contributed by atoms with Crippen molar-refractivity contribution in [3.8, 4) is 5.75 Å². The van der Waals surface area contributed by atoms with E-state index < -0.39 is 0 Å². The summed E-state index contributed by atoms with van der Waals surface area (Å²) in [6.45, 7) is 0. The van der Waals surface area contributed by atoms with Gasteiger partial charge in [0.15, 0.2) is 0 Å². The van der Waals surface area contributed by atoms with Crippen LogP contribution in [0, 0.1) is 0 Å². The largest absolute Gasteiger partial charge is 0.497 e. The highest BCUT2D eigenvalue weighted by Crippen LogP contribution is 2.23. The number of carbonyl (C=O) groups is 1. The number of ether oxygens (including phenoxy) is 1. The normalized spacial score (nSPS) is 10.3. The Bertz CT molecular complexity index is 910. The minimum atomic E-state index is -0.360. The third kappa shape index (κ3) is 4.65. The molecule has 1 amide bonds. The van der Waals surface area contributed by atoms with E-state index in [2.05, 4.69) is 15.6 Å². The maximum absolute atomic E-state index is 12.4. The standard InChI is InChI=1S/C19H15Cl2N3O2/c1-26-17-4-2-14(3-5-17)23-15-6-7-22-18(11-15)19(25)24-16-9-12(20)8-13(21)10-16/h2-11H,1H3,(H,22,23)(H,24,25). The van der Waals surface area contributed by atoms with E-state index in [0.29, 0.717) is 15.7 Å². The Hall–Kier alpha value is -2.76. The zero-order chi connectivity index (χ0) is 18.5. The number of methoxy groups -OCH3 is 1. The Morgan fingerprint density at radius 2 is 1.62 bits per heavy atom. The van der Waals surface area contributed by atoms with Gasteiger partial charge in [-0.25, -0.2) is 0 Å². The Morgan fingerprint density at radius 3 is 2.27 bits per heavy atom. The molecule has 5 nitrogen and oxygen atoms in total. The summed E-state index contributed by atoms with van der Waals surface area (Å²) < 4.78 is 5.13. The molecule has 3 aromatic rings. The summed E-state index contributed by atoms with van der Waals surface area (Å²) in [6.07, 6.45) is 1.56. The van der Waals surface area contributed by atoms with Crippen molar-refractivity contribution in [2.45, 2.75) is 0 Å². The lowest BCUT2D eigenvalue weighted by molar-refractivity contribution is 0.102. The van der Waals surface area contributed by atoms with E-state index in [0.717, 1.165) is 17.1 Å². The molecule has 0 aliphatic carbocycles. The van der Waals surface area contributed by atoms with E-state index >= 15 is 0 Å². The maximum atomic E-state index is 12.4. The average molecular weight is 388 g/mol. The van der Waals surface area contributed by atoms with Crippen molar-refractivity contribution >= 4 is 46.2 Å². The fourth-order valence-electron chi connectivity index (χ4n) is 2.29. The summed E-state index contributed by atoms with van der Waals surface area (Å²) in [7, 11) is 1.61. The minimum absolute atomic E-state index is 0.264. The van der Waals surface area contributed by atoms with Crippen molar-refractivity contribution in [1.82, 2.24) is 4.98 Å². The van der Waals surface area contributed by atoms with E-state index in [1.54, 1.807) is 43.6 Å². The van der Waals surface area contributed by atoms with Crippen LogP contribution in [0.15, 0.2) is 60.8 Å². The van der Waals surface area contributed by atoms with Crippen LogP contribution >= 0.6 is 23.2 Å². The number of hydrogen-bond donors (Lipinski definition) is 2. The number of rotatable bonds is 5. The molecule has 0 saturated carbocycles. The van der Waals surface area contributed by atoms with Gasteiger partial charge in [0.05, 0.1) is 7.11 Å². The predicted molar refractivity (Wildman–Crippen MR) is 105 cm³/mol. The van der Waals surface area contributed by atoms with E-state index in [1.807, 2.05) is 24.3 Å². The Kier molecular flexibility index (Phi) is 5.61. The van der Waals surface area contributed by atoms with Crippen LogP contribution in [0.3, 0.4) is 0 Å². The first-order valence-electron chi connectivity index (χ1n) is 7.68. The van der Waals surface area contributed by atoms with Gasteiger partial charge in [0.1, 0.15) is 11.4 Å². The summed E-state index contributed by atoms with van der Waals surface area (Å²) in [5.74, 6) is 0.409. The van der Waals surface area contributed by atoms with Gasteiger partial charge in [0.25, 0.3) is 5.91 Å². The highest BCUT2D eigenvalue weighted by Gasteiger charge is 2.10. The SMILES string of the molecule is COc1ccc(Nc2ccnc(C(=O)Nc3cc(Cl)cc(Cl)c3)c2)cc1. The number of nitrogens with one attached hydrogen (secondary N) is 2. The zero-order valence-corrected chi connectivity index (χ0v) is 15.3. The quantitative estimate of drug-likeness (QED) is 0.615. The second-order valence-corrected chi connectivity index (χ2v) is 6.27. The van der Waals surface area contributed by atoms with Gasteiger partial charge in [-0.2, -0.15) is 0 Å². The zero-order valence-electron chi connectivity index (χ0n) is 13.8. The van der Waals surface area contributed by atoms with Crippen LogP contribution in [0.1, 0.15) is 10.5 Å². The van der Waals surface area contributed by atoms with Gasteiger partial charge in [0, 0.05) is 33.3 Å². The number of halogens is 2. The van der Waals surface area contributed by atoms with Crippen LogP contribution in [0.2, 0.25) is 10.0 Å². The molecule has 1 heterocycles. The first-order chi connectivity index (χ1) is 12.5. The van der Waals surface area contributed by atoms with E-state index in [1.165, 1.54) is 0 Å². The van der Waals surface area contributed by atoms with E-state index in [9.17, 15) is 4.79 Å². The number of benzene rings is 2.